The molecule has 2 aromatic carbocycles. The highest BCUT2D eigenvalue weighted by atomic mass is 35.5. The zero-order valence-corrected chi connectivity index (χ0v) is 12.7. The molecule has 0 unspecified atom stereocenters. The summed E-state index contributed by atoms with van der Waals surface area (Å²) in [5.41, 5.74) is 11.4. The van der Waals surface area contributed by atoms with Crippen molar-refractivity contribution in [1.29, 1.82) is 0 Å². The highest BCUT2D eigenvalue weighted by Gasteiger charge is 2.19. The van der Waals surface area contributed by atoms with Gasteiger partial charge in [0.05, 0.1) is 11.4 Å². The zero-order chi connectivity index (χ0) is 15.6. The van der Waals surface area contributed by atoms with Gasteiger partial charge in [-0.05, 0) is 24.3 Å². The van der Waals surface area contributed by atoms with Crippen LogP contribution < -0.4 is 19.8 Å². The summed E-state index contributed by atoms with van der Waals surface area (Å²) >= 11 is 11.5. The molecule has 0 atom stereocenters. The minimum Gasteiger partial charge on any atom is -0.396 e. The predicted molar refractivity (Wildman–Crippen MR) is 81.9 cm³/mol. The van der Waals surface area contributed by atoms with E-state index in [1.807, 2.05) is 0 Å². The number of rotatable bonds is 4. The van der Waals surface area contributed by atoms with E-state index < -0.39 is 10.4 Å². The monoisotopic (exact) mass is 348 g/mol. The average molecular weight is 349 g/mol. The first kappa shape index (κ1) is 15.6. The largest absolute Gasteiger partial charge is 0.501 e. The molecule has 0 amide bonds. The number of benzene rings is 2. The molecule has 112 valence electrons. The molecule has 0 aliphatic heterocycles. The lowest BCUT2D eigenvalue weighted by Crippen LogP contribution is -2.17. The lowest BCUT2D eigenvalue weighted by Gasteiger charge is -2.11. The second-order valence-electron chi connectivity index (χ2n) is 3.94. The molecule has 2 rings (SSSR count). The molecule has 0 saturated heterocycles. The third kappa shape index (κ3) is 4.07. The summed E-state index contributed by atoms with van der Waals surface area (Å²) in [5, 5.41) is 0.522. The molecule has 0 heterocycles. The van der Waals surface area contributed by atoms with Gasteiger partial charge in [0.25, 0.3) is 0 Å². The van der Waals surface area contributed by atoms with E-state index in [0.717, 1.165) is 0 Å². The second-order valence-corrected chi connectivity index (χ2v) is 5.96. The van der Waals surface area contributed by atoms with Gasteiger partial charge in [-0.1, -0.05) is 23.2 Å². The molecule has 0 fully saturated rings. The van der Waals surface area contributed by atoms with Crippen molar-refractivity contribution < 1.29 is 16.8 Å². The fraction of sp³-hybridized carbons (Fsp3) is 0. The van der Waals surface area contributed by atoms with Crippen molar-refractivity contribution >= 4 is 45.0 Å². The fourth-order valence-corrected chi connectivity index (χ4v) is 2.48. The highest BCUT2D eigenvalue weighted by molar-refractivity contribution is 7.82. The Morgan fingerprint density at radius 1 is 0.810 bits per heavy atom. The van der Waals surface area contributed by atoms with E-state index in [-0.39, 0.29) is 32.9 Å². The minimum atomic E-state index is -4.44. The molecule has 0 radical (unpaired) electrons. The quantitative estimate of drug-likeness (QED) is 0.823. The molecule has 9 heteroatoms. The Kier molecular flexibility index (Phi) is 4.36. The molecule has 4 N–H and O–H groups in total. The lowest BCUT2D eigenvalue weighted by molar-refractivity contribution is 0.394. The Balaban J connectivity index is 2.26. The van der Waals surface area contributed by atoms with Gasteiger partial charge < -0.3 is 19.8 Å². The Labute approximate surface area is 131 Å². The van der Waals surface area contributed by atoms with Gasteiger partial charge in [0.1, 0.15) is 0 Å². The summed E-state index contributed by atoms with van der Waals surface area (Å²) in [6.45, 7) is 0. The Hall–Kier alpha value is -1.83. The molecular formula is C12H10Cl2N2O4S. The maximum atomic E-state index is 11.9. The molecule has 0 spiro atoms. The Morgan fingerprint density at radius 3 is 1.57 bits per heavy atom. The molecule has 0 bridgehead atoms. The van der Waals surface area contributed by atoms with Gasteiger partial charge in [0, 0.05) is 22.2 Å². The van der Waals surface area contributed by atoms with Crippen LogP contribution in [-0.2, 0) is 10.4 Å². The van der Waals surface area contributed by atoms with Gasteiger partial charge in [0.15, 0.2) is 11.5 Å². The number of hydrogen-bond acceptors (Lipinski definition) is 6. The summed E-state index contributed by atoms with van der Waals surface area (Å²) in [5.74, 6) is -0.300. The van der Waals surface area contributed by atoms with Crippen LogP contribution in [0.5, 0.6) is 11.5 Å². The Morgan fingerprint density at radius 2 is 1.19 bits per heavy atom. The molecule has 2 aromatic rings. The molecule has 21 heavy (non-hydrogen) atoms. The van der Waals surface area contributed by atoms with Gasteiger partial charge in [-0.25, -0.2) is 0 Å². The number of hydrogen-bond donors (Lipinski definition) is 2. The number of halogens is 2. The number of nitrogens with two attached hydrogens (primary N) is 2. The maximum Gasteiger partial charge on any atom is 0.501 e. The predicted octanol–water partition coefficient (Wildman–Crippen LogP) is 2.86. The van der Waals surface area contributed by atoms with Crippen molar-refractivity contribution in [3.05, 3.63) is 46.4 Å². The zero-order valence-electron chi connectivity index (χ0n) is 10.4. The van der Waals surface area contributed by atoms with E-state index in [2.05, 4.69) is 0 Å². The number of anilines is 2. The van der Waals surface area contributed by atoms with Crippen molar-refractivity contribution in [3.8, 4) is 11.5 Å². The van der Waals surface area contributed by atoms with E-state index in [1.54, 1.807) is 0 Å². The highest BCUT2D eigenvalue weighted by Crippen LogP contribution is 2.30. The molecule has 0 aliphatic rings. The minimum absolute atomic E-state index is 0.0886. The normalized spacial score (nSPS) is 11.1. The average Bonchev–Trinajstić information content (AvgIpc) is 2.37. The molecule has 6 nitrogen and oxygen atoms in total. The first-order chi connectivity index (χ1) is 9.77. The molecule has 0 aromatic heterocycles. The standard InChI is InChI=1S/C12H10Cl2N2O4S/c13-7-1-3-9(15)11(5-7)19-21(17,18)20-12-6-8(14)2-4-10(12)16/h1-6H,15-16H2. The third-order valence-corrected chi connectivity index (χ3v) is 3.57. The Bertz CT molecular complexity index is 721. The van der Waals surface area contributed by atoms with E-state index in [0.29, 0.717) is 0 Å². The van der Waals surface area contributed by atoms with Gasteiger partial charge in [-0.2, -0.15) is 0 Å². The number of nitrogen functional groups attached to an aromatic ring is 2. The van der Waals surface area contributed by atoms with Crippen LogP contribution in [0, 0.1) is 0 Å². The molecule has 0 saturated carbocycles. The third-order valence-electron chi connectivity index (χ3n) is 2.33. The molecule has 0 aliphatic carbocycles. The van der Waals surface area contributed by atoms with Crippen molar-refractivity contribution in [2.75, 3.05) is 11.5 Å². The van der Waals surface area contributed by atoms with Crippen LogP contribution in [0.2, 0.25) is 10.0 Å². The van der Waals surface area contributed by atoms with Crippen LogP contribution >= 0.6 is 23.2 Å². The van der Waals surface area contributed by atoms with Crippen LogP contribution in [0.3, 0.4) is 0 Å². The van der Waals surface area contributed by atoms with E-state index in [4.69, 9.17) is 43.0 Å². The van der Waals surface area contributed by atoms with Crippen molar-refractivity contribution in [3.63, 3.8) is 0 Å². The smallest absolute Gasteiger partial charge is 0.396 e. The first-order valence-electron chi connectivity index (χ1n) is 5.51. The van der Waals surface area contributed by atoms with Crippen LogP contribution in [0.4, 0.5) is 11.4 Å². The van der Waals surface area contributed by atoms with E-state index in [1.165, 1.54) is 36.4 Å². The van der Waals surface area contributed by atoms with Gasteiger partial charge in [-0.3, -0.25) is 0 Å². The van der Waals surface area contributed by atoms with Crippen molar-refractivity contribution in [2.45, 2.75) is 0 Å². The summed E-state index contributed by atoms with van der Waals surface area (Å²) < 4.78 is 33.2. The SMILES string of the molecule is Nc1ccc(Cl)cc1OS(=O)(=O)Oc1cc(Cl)ccc1N. The van der Waals surface area contributed by atoms with E-state index in [9.17, 15) is 8.42 Å². The van der Waals surface area contributed by atoms with E-state index >= 15 is 0 Å². The second kappa shape index (κ2) is 5.88. The fourth-order valence-electron chi connectivity index (χ4n) is 1.40. The van der Waals surface area contributed by atoms with Crippen LogP contribution in [0.25, 0.3) is 0 Å². The van der Waals surface area contributed by atoms with Crippen LogP contribution in [0.1, 0.15) is 0 Å². The maximum absolute atomic E-state index is 11.9. The molecular weight excluding hydrogens is 339 g/mol. The topological polar surface area (TPSA) is 105 Å². The first-order valence-corrected chi connectivity index (χ1v) is 7.60. The summed E-state index contributed by atoms with van der Waals surface area (Å²) in [6, 6.07) is 8.29. The van der Waals surface area contributed by atoms with Crippen LogP contribution in [-0.4, -0.2) is 8.42 Å². The summed E-state index contributed by atoms with van der Waals surface area (Å²) in [4.78, 5) is 0. The van der Waals surface area contributed by atoms with Gasteiger partial charge in [-0.15, -0.1) is 8.42 Å². The van der Waals surface area contributed by atoms with Gasteiger partial charge >= 0.3 is 10.4 Å². The van der Waals surface area contributed by atoms with Crippen molar-refractivity contribution in [1.82, 2.24) is 0 Å². The van der Waals surface area contributed by atoms with Crippen molar-refractivity contribution in [2.24, 2.45) is 0 Å². The lowest BCUT2D eigenvalue weighted by atomic mass is 10.3. The summed E-state index contributed by atoms with van der Waals surface area (Å²) in [6.07, 6.45) is 0. The van der Waals surface area contributed by atoms with Gasteiger partial charge in [0.2, 0.25) is 0 Å². The summed E-state index contributed by atoms with van der Waals surface area (Å²) in [7, 11) is -4.44. The van der Waals surface area contributed by atoms with Crippen LogP contribution in [0.15, 0.2) is 36.4 Å².